The third kappa shape index (κ3) is 5.28. The summed E-state index contributed by atoms with van der Waals surface area (Å²) in [7, 11) is -3.50. The van der Waals surface area contributed by atoms with Crippen molar-refractivity contribution in [1.82, 2.24) is 24.1 Å². The lowest BCUT2D eigenvalue weighted by atomic mass is 10.2. The molecule has 0 aromatic carbocycles. The van der Waals surface area contributed by atoms with Gasteiger partial charge in [0.2, 0.25) is 10.0 Å². The Morgan fingerprint density at radius 3 is 2.83 bits per heavy atom. The van der Waals surface area contributed by atoms with E-state index >= 15 is 0 Å². The first-order valence-electron chi connectivity index (χ1n) is 9.88. The topological polar surface area (TPSA) is 88.1 Å². The molecule has 2 aliphatic heterocycles. The van der Waals surface area contributed by atoms with Crippen LogP contribution >= 0.6 is 22.9 Å². The Hall–Kier alpha value is -0.920. The van der Waals surface area contributed by atoms with Gasteiger partial charge in [-0.2, -0.15) is 4.31 Å². The van der Waals surface area contributed by atoms with E-state index in [1.54, 1.807) is 10.5 Å². The molecular formula is C18H26ClN5O4S2. The predicted molar refractivity (Wildman–Crippen MR) is 116 cm³/mol. The van der Waals surface area contributed by atoms with Crippen LogP contribution < -0.4 is 0 Å². The Balaban J connectivity index is 1.67. The van der Waals surface area contributed by atoms with Gasteiger partial charge in [0.1, 0.15) is 18.1 Å². The molecule has 0 N–H and O–H groups in total. The van der Waals surface area contributed by atoms with E-state index in [4.69, 9.17) is 21.1 Å². The van der Waals surface area contributed by atoms with Gasteiger partial charge in [-0.3, -0.25) is 9.80 Å². The predicted octanol–water partition coefficient (Wildman–Crippen LogP) is 1.18. The molecule has 2 unspecified atom stereocenters. The van der Waals surface area contributed by atoms with Crippen LogP contribution in [0.5, 0.6) is 0 Å². The van der Waals surface area contributed by atoms with Crippen LogP contribution in [0.2, 0.25) is 0 Å². The van der Waals surface area contributed by atoms with Crippen LogP contribution in [0.25, 0.3) is 10.2 Å². The van der Waals surface area contributed by atoms with Crippen LogP contribution in [0.4, 0.5) is 0 Å². The minimum absolute atomic E-state index is 0.383. The Bertz CT molecular complexity index is 920. The van der Waals surface area contributed by atoms with E-state index in [2.05, 4.69) is 19.8 Å². The van der Waals surface area contributed by atoms with E-state index in [0.29, 0.717) is 46.0 Å². The van der Waals surface area contributed by atoms with E-state index < -0.39 is 21.8 Å². The largest absolute Gasteiger partial charge is 0.379 e. The summed E-state index contributed by atoms with van der Waals surface area (Å²) in [4.78, 5) is 13.6. The van der Waals surface area contributed by atoms with Crippen molar-refractivity contribution >= 4 is 43.2 Å². The summed E-state index contributed by atoms with van der Waals surface area (Å²) in [5.74, 6) is 0. The van der Waals surface area contributed by atoms with Gasteiger partial charge in [-0.05, 0) is 6.07 Å². The molecular weight excluding hydrogens is 450 g/mol. The van der Waals surface area contributed by atoms with Gasteiger partial charge in [0.25, 0.3) is 0 Å². The second kappa shape index (κ2) is 9.70. The van der Waals surface area contributed by atoms with Crippen LogP contribution in [0.3, 0.4) is 0 Å². The van der Waals surface area contributed by atoms with Gasteiger partial charge < -0.3 is 9.47 Å². The van der Waals surface area contributed by atoms with E-state index in [-0.39, 0.29) is 0 Å². The first-order valence-corrected chi connectivity index (χ1v) is 13.0. The number of sulfonamides is 1. The van der Waals surface area contributed by atoms with Crippen molar-refractivity contribution in [1.29, 1.82) is 0 Å². The lowest BCUT2D eigenvalue weighted by Gasteiger charge is -2.41. The van der Waals surface area contributed by atoms with Crippen molar-refractivity contribution in [2.45, 2.75) is 11.7 Å². The SMILES string of the molecule is CS(=O)(=O)N(CCN1CCOCC1)C(c1cc2ncncc2s1)N1CCOC(Cl)C1. The highest BCUT2D eigenvalue weighted by Crippen LogP contribution is 2.36. The number of fused-ring (bicyclic) bond motifs is 1. The van der Waals surface area contributed by atoms with E-state index in [9.17, 15) is 8.42 Å². The van der Waals surface area contributed by atoms with Crippen LogP contribution in [0, 0.1) is 0 Å². The quantitative estimate of drug-likeness (QED) is 0.552. The van der Waals surface area contributed by atoms with Crippen LogP contribution in [0.15, 0.2) is 18.6 Å². The summed E-state index contributed by atoms with van der Waals surface area (Å²) < 4.78 is 39.3. The number of hydrogen-bond donors (Lipinski definition) is 0. The third-order valence-electron chi connectivity index (χ3n) is 5.31. The fourth-order valence-corrected chi connectivity index (χ4v) is 6.31. The summed E-state index contributed by atoms with van der Waals surface area (Å²) in [5.41, 5.74) is 0.336. The first kappa shape index (κ1) is 22.3. The fraction of sp³-hybridized carbons (Fsp3) is 0.667. The highest BCUT2D eigenvalue weighted by molar-refractivity contribution is 7.88. The van der Waals surface area contributed by atoms with E-state index in [1.165, 1.54) is 23.9 Å². The van der Waals surface area contributed by atoms with Gasteiger partial charge in [0.05, 0.1) is 36.3 Å². The summed E-state index contributed by atoms with van der Waals surface area (Å²) in [6, 6.07) is 1.96. The summed E-state index contributed by atoms with van der Waals surface area (Å²) >= 11 is 7.78. The van der Waals surface area contributed by atoms with Crippen molar-refractivity contribution < 1.29 is 17.9 Å². The number of thiophene rings is 1. The maximum Gasteiger partial charge on any atom is 0.212 e. The van der Waals surface area contributed by atoms with E-state index in [0.717, 1.165) is 28.2 Å². The highest BCUT2D eigenvalue weighted by atomic mass is 35.5. The minimum atomic E-state index is -3.50. The molecule has 0 bridgehead atoms. The zero-order valence-electron chi connectivity index (χ0n) is 16.8. The van der Waals surface area contributed by atoms with Crippen molar-refractivity contribution in [2.24, 2.45) is 0 Å². The lowest BCUT2D eigenvalue weighted by molar-refractivity contribution is -0.0313. The van der Waals surface area contributed by atoms with E-state index in [1.807, 2.05) is 6.07 Å². The molecule has 0 aliphatic carbocycles. The zero-order valence-corrected chi connectivity index (χ0v) is 19.2. The maximum absolute atomic E-state index is 12.9. The van der Waals surface area contributed by atoms with Crippen molar-refractivity contribution in [3.05, 3.63) is 23.5 Å². The average Bonchev–Trinajstić information content (AvgIpc) is 3.14. The van der Waals surface area contributed by atoms with Gasteiger partial charge >= 0.3 is 0 Å². The molecule has 0 amide bonds. The second-order valence-corrected chi connectivity index (χ2v) is 10.9. The van der Waals surface area contributed by atoms with Crippen LogP contribution in [-0.4, -0.2) is 103 Å². The molecule has 9 nitrogen and oxygen atoms in total. The minimum Gasteiger partial charge on any atom is -0.379 e. The number of morpholine rings is 2. The molecule has 12 heteroatoms. The second-order valence-electron chi connectivity index (χ2n) is 7.40. The number of nitrogens with zero attached hydrogens (tertiary/aromatic N) is 5. The molecule has 166 valence electrons. The number of ether oxygens (including phenoxy) is 2. The molecule has 2 atom stereocenters. The summed E-state index contributed by atoms with van der Waals surface area (Å²) in [6.45, 7) is 5.48. The standard InChI is InChI=1S/C18H26ClN5O4S2/c1-30(25,26)24(3-2-22-4-7-27-8-5-22)18(23-6-9-28-17(19)12-23)15-10-14-16(29-15)11-20-13-21-14/h10-11,13,17-18H,2-9,12H2,1H3. The smallest absolute Gasteiger partial charge is 0.212 e. The van der Waals surface area contributed by atoms with Gasteiger partial charge in [-0.25, -0.2) is 18.4 Å². The first-order chi connectivity index (χ1) is 14.4. The molecule has 4 rings (SSSR count). The molecule has 0 radical (unpaired) electrons. The molecule has 2 aliphatic rings. The molecule has 2 saturated heterocycles. The number of alkyl halides is 1. The van der Waals surface area contributed by atoms with Crippen molar-refractivity contribution in [3.8, 4) is 0 Å². The average molecular weight is 476 g/mol. The Morgan fingerprint density at radius 1 is 1.33 bits per heavy atom. The molecule has 2 aromatic rings. The Kier molecular flexibility index (Phi) is 7.20. The van der Waals surface area contributed by atoms with Crippen LogP contribution in [-0.2, 0) is 19.5 Å². The maximum atomic E-state index is 12.9. The van der Waals surface area contributed by atoms with Gasteiger partial charge in [0.15, 0.2) is 0 Å². The van der Waals surface area contributed by atoms with Crippen molar-refractivity contribution in [2.75, 3.05) is 65.3 Å². The molecule has 4 heterocycles. The van der Waals surface area contributed by atoms with Crippen LogP contribution in [0.1, 0.15) is 11.0 Å². The molecule has 2 fully saturated rings. The summed E-state index contributed by atoms with van der Waals surface area (Å²) in [5, 5.41) is 0. The van der Waals surface area contributed by atoms with Crippen molar-refractivity contribution in [3.63, 3.8) is 0 Å². The van der Waals surface area contributed by atoms with Gasteiger partial charge in [-0.15, -0.1) is 11.3 Å². The molecule has 0 saturated carbocycles. The van der Waals surface area contributed by atoms with Gasteiger partial charge in [-0.1, -0.05) is 11.6 Å². The highest BCUT2D eigenvalue weighted by Gasteiger charge is 2.36. The Morgan fingerprint density at radius 2 is 2.13 bits per heavy atom. The number of rotatable bonds is 7. The Labute approximate surface area is 185 Å². The number of aromatic nitrogens is 2. The summed E-state index contributed by atoms with van der Waals surface area (Å²) in [6.07, 6.45) is 4.07. The number of halogens is 1. The normalized spacial score (nSPS) is 23.2. The fourth-order valence-electron chi connectivity index (χ4n) is 3.82. The zero-order chi connectivity index (χ0) is 21.1. The lowest BCUT2D eigenvalue weighted by Crippen LogP contribution is -2.51. The monoisotopic (exact) mass is 475 g/mol. The molecule has 2 aromatic heterocycles. The number of hydrogen-bond acceptors (Lipinski definition) is 9. The molecule has 30 heavy (non-hydrogen) atoms. The molecule has 0 spiro atoms. The third-order valence-corrected chi connectivity index (χ3v) is 7.91. The van der Waals surface area contributed by atoms with Gasteiger partial charge in [0, 0.05) is 50.3 Å².